The van der Waals surface area contributed by atoms with Crippen molar-refractivity contribution < 1.29 is 9.53 Å². The van der Waals surface area contributed by atoms with Gasteiger partial charge >= 0.3 is 0 Å². The minimum absolute atomic E-state index is 0.0864. The molecule has 0 bridgehead atoms. The molecule has 1 aromatic heterocycles. The van der Waals surface area contributed by atoms with Gasteiger partial charge in [-0.1, -0.05) is 11.8 Å². The van der Waals surface area contributed by atoms with E-state index in [2.05, 4.69) is 32.4 Å². The number of likely N-dealkylation sites (tertiary alicyclic amines) is 1. The van der Waals surface area contributed by atoms with Crippen LogP contribution in [0.15, 0.2) is 48.7 Å². The van der Waals surface area contributed by atoms with Gasteiger partial charge in [0.1, 0.15) is 5.75 Å². The van der Waals surface area contributed by atoms with Crippen molar-refractivity contribution in [1.82, 2.24) is 14.9 Å². The number of nitrogens with zero attached hydrogens (tertiary/aromatic N) is 3. The number of amides is 1. The van der Waals surface area contributed by atoms with Crippen molar-refractivity contribution in [2.45, 2.75) is 19.3 Å². The van der Waals surface area contributed by atoms with Crippen LogP contribution in [0.2, 0.25) is 0 Å². The van der Waals surface area contributed by atoms with Crippen molar-refractivity contribution in [2.75, 3.05) is 37.4 Å². The summed E-state index contributed by atoms with van der Waals surface area (Å²) in [6.07, 6.45) is 4.45. The molecule has 7 heteroatoms. The van der Waals surface area contributed by atoms with Crippen LogP contribution in [0.1, 0.15) is 24.0 Å². The second-order valence-corrected chi connectivity index (χ2v) is 8.19. The van der Waals surface area contributed by atoms with Gasteiger partial charge in [-0.2, -0.15) is 0 Å². The molecule has 2 N–H and O–H groups in total. The Bertz CT molecular complexity index is 1240. The number of fused-ring (bicyclic) bond motifs is 3. The standard InChI is InChI=1S/C26H25N5O2/c1-33-21-9-7-20(8-10-21)28-26-27-17-19-16-24(32)29-23-15-18(6-11-22(23)25(19)30-26)5-4-14-31-12-2-3-13-31/h6-11,15,17H,2-3,12-14,16H2,1H3,(H,29,32)(H,27,28,30). The van der Waals surface area contributed by atoms with E-state index in [4.69, 9.17) is 9.72 Å². The van der Waals surface area contributed by atoms with Gasteiger partial charge in [-0.25, -0.2) is 9.97 Å². The molecule has 0 unspecified atom stereocenters. The van der Waals surface area contributed by atoms with Crippen molar-refractivity contribution >= 4 is 23.2 Å². The van der Waals surface area contributed by atoms with Crippen molar-refractivity contribution in [3.63, 3.8) is 0 Å². The zero-order chi connectivity index (χ0) is 22.6. The van der Waals surface area contributed by atoms with E-state index >= 15 is 0 Å². The lowest BCUT2D eigenvalue weighted by molar-refractivity contribution is -0.115. The summed E-state index contributed by atoms with van der Waals surface area (Å²) >= 11 is 0. The molecule has 5 rings (SSSR count). The maximum atomic E-state index is 12.5. The van der Waals surface area contributed by atoms with Crippen LogP contribution in [0.25, 0.3) is 11.3 Å². The minimum Gasteiger partial charge on any atom is -0.497 e. The molecule has 166 valence electrons. The van der Waals surface area contributed by atoms with Crippen LogP contribution in [-0.2, 0) is 11.2 Å². The van der Waals surface area contributed by atoms with E-state index in [9.17, 15) is 4.79 Å². The predicted octanol–water partition coefficient (Wildman–Crippen LogP) is 3.84. The topological polar surface area (TPSA) is 79.4 Å². The first-order valence-corrected chi connectivity index (χ1v) is 11.1. The van der Waals surface area contributed by atoms with E-state index in [0.717, 1.165) is 59.1 Å². The normalized spacial score (nSPS) is 14.9. The number of ether oxygens (including phenoxy) is 1. The highest BCUT2D eigenvalue weighted by Crippen LogP contribution is 2.34. The van der Waals surface area contributed by atoms with Crippen LogP contribution >= 0.6 is 0 Å². The smallest absolute Gasteiger partial charge is 0.228 e. The molecule has 1 fully saturated rings. The summed E-state index contributed by atoms with van der Waals surface area (Å²) in [6.45, 7) is 3.02. The van der Waals surface area contributed by atoms with Crippen molar-refractivity contribution in [2.24, 2.45) is 0 Å². The first-order valence-electron chi connectivity index (χ1n) is 11.1. The van der Waals surface area contributed by atoms with Crippen molar-refractivity contribution in [3.8, 4) is 28.8 Å². The summed E-state index contributed by atoms with van der Waals surface area (Å²) in [4.78, 5) is 24.0. The molecule has 7 nitrogen and oxygen atoms in total. The Hall–Kier alpha value is -3.89. The number of nitrogens with one attached hydrogen (secondary N) is 2. The molecule has 33 heavy (non-hydrogen) atoms. The molecule has 0 saturated carbocycles. The summed E-state index contributed by atoms with van der Waals surface area (Å²) < 4.78 is 5.21. The Balaban J connectivity index is 1.42. The van der Waals surface area contributed by atoms with Crippen LogP contribution in [0.5, 0.6) is 5.75 Å². The Kier molecular flexibility index (Phi) is 5.92. The largest absolute Gasteiger partial charge is 0.497 e. The predicted molar refractivity (Wildman–Crippen MR) is 129 cm³/mol. The molecule has 2 aliphatic rings. The molecule has 1 saturated heterocycles. The summed E-state index contributed by atoms with van der Waals surface area (Å²) in [6, 6.07) is 13.4. The van der Waals surface area contributed by atoms with Crippen LogP contribution < -0.4 is 15.4 Å². The van der Waals surface area contributed by atoms with E-state index in [1.165, 1.54) is 12.8 Å². The monoisotopic (exact) mass is 439 g/mol. The zero-order valence-corrected chi connectivity index (χ0v) is 18.5. The van der Waals surface area contributed by atoms with Gasteiger partial charge in [0.25, 0.3) is 0 Å². The van der Waals surface area contributed by atoms with Gasteiger partial charge in [-0.15, -0.1) is 0 Å². The molecule has 2 aromatic carbocycles. The second-order valence-electron chi connectivity index (χ2n) is 8.19. The van der Waals surface area contributed by atoms with Gasteiger partial charge in [-0.3, -0.25) is 9.69 Å². The third-order valence-corrected chi connectivity index (χ3v) is 5.84. The number of methoxy groups -OCH3 is 1. The van der Waals surface area contributed by atoms with E-state index in [-0.39, 0.29) is 12.3 Å². The molecule has 3 heterocycles. The highest BCUT2D eigenvalue weighted by Gasteiger charge is 2.21. The fraction of sp³-hybridized carbons (Fsp3) is 0.269. The van der Waals surface area contributed by atoms with Gasteiger partial charge < -0.3 is 15.4 Å². The molecular weight excluding hydrogens is 414 g/mol. The highest BCUT2D eigenvalue weighted by molar-refractivity contribution is 6.00. The Morgan fingerprint density at radius 1 is 1.15 bits per heavy atom. The molecule has 1 amide bonds. The molecule has 3 aromatic rings. The SMILES string of the molecule is COc1ccc(Nc2ncc3c(n2)-c2ccc(C#CCN4CCCC4)cc2NC(=O)C3)cc1. The third kappa shape index (κ3) is 4.81. The summed E-state index contributed by atoms with van der Waals surface area (Å²) in [5.74, 6) is 7.65. The maximum absolute atomic E-state index is 12.5. The molecule has 0 radical (unpaired) electrons. The number of aromatic nitrogens is 2. The first kappa shape index (κ1) is 21.0. The van der Waals surface area contributed by atoms with Gasteiger partial charge in [0.2, 0.25) is 11.9 Å². The lowest BCUT2D eigenvalue weighted by atomic mass is 10.0. The Morgan fingerprint density at radius 3 is 2.76 bits per heavy atom. The first-order chi connectivity index (χ1) is 16.2. The van der Waals surface area contributed by atoms with Crippen LogP contribution in [0, 0.1) is 11.8 Å². The highest BCUT2D eigenvalue weighted by atomic mass is 16.5. The lowest BCUT2D eigenvalue weighted by Crippen LogP contribution is -2.18. The number of anilines is 3. The van der Waals surface area contributed by atoms with Gasteiger partial charge in [0, 0.05) is 28.6 Å². The van der Waals surface area contributed by atoms with E-state index in [1.54, 1.807) is 13.3 Å². The fourth-order valence-electron chi connectivity index (χ4n) is 4.13. The second kappa shape index (κ2) is 9.31. The van der Waals surface area contributed by atoms with Crippen LogP contribution in [0.4, 0.5) is 17.3 Å². The van der Waals surface area contributed by atoms with Crippen LogP contribution in [-0.4, -0.2) is 47.5 Å². The van der Waals surface area contributed by atoms with E-state index < -0.39 is 0 Å². The number of carbonyl (C=O) groups excluding carboxylic acids is 1. The number of hydrogen-bond donors (Lipinski definition) is 2. The maximum Gasteiger partial charge on any atom is 0.228 e. The summed E-state index contributed by atoms with van der Waals surface area (Å²) in [5, 5.41) is 6.23. The van der Waals surface area contributed by atoms with Crippen molar-refractivity contribution in [3.05, 3.63) is 59.8 Å². The summed E-state index contributed by atoms with van der Waals surface area (Å²) in [7, 11) is 1.63. The number of hydrogen-bond acceptors (Lipinski definition) is 6. The average Bonchev–Trinajstić information content (AvgIpc) is 3.30. The van der Waals surface area contributed by atoms with Gasteiger partial charge in [0.15, 0.2) is 0 Å². The van der Waals surface area contributed by atoms with E-state index in [1.807, 2.05) is 42.5 Å². The zero-order valence-electron chi connectivity index (χ0n) is 18.5. The minimum atomic E-state index is -0.0864. The summed E-state index contributed by atoms with van der Waals surface area (Å²) in [5.41, 5.74) is 4.84. The van der Waals surface area contributed by atoms with E-state index in [0.29, 0.717) is 5.95 Å². The Morgan fingerprint density at radius 2 is 1.97 bits per heavy atom. The fourth-order valence-corrected chi connectivity index (χ4v) is 4.13. The molecule has 0 atom stereocenters. The van der Waals surface area contributed by atoms with Gasteiger partial charge in [0.05, 0.1) is 31.5 Å². The van der Waals surface area contributed by atoms with Crippen molar-refractivity contribution in [1.29, 1.82) is 0 Å². The number of benzene rings is 2. The molecular formula is C26H25N5O2. The lowest BCUT2D eigenvalue weighted by Gasteiger charge is -2.11. The molecule has 2 aliphatic heterocycles. The molecule has 0 aliphatic carbocycles. The number of carbonyl (C=O) groups is 1. The number of rotatable bonds is 4. The van der Waals surface area contributed by atoms with Gasteiger partial charge in [-0.05, 0) is 68.4 Å². The van der Waals surface area contributed by atoms with Crippen LogP contribution in [0.3, 0.4) is 0 Å². The molecule has 0 spiro atoms. The quantitative estimate of drug-likeness (QED) is 0.602. The third-order valence-electron chi connectivity index (χ3n) is 5.84. The average molecular weight is 440 g/mol. The Labute approximate surface area is 193 Å².